The van der Waals surface area contributed by atoms with Crippen LogP contribution in [0, 0.1) is 0 Å². The third-order valence-corrected chi connectivity index (χ3v) is 5.73. The molecular weight excluding hydrogens is 356 g/mol. The fourth-order valence-electron chi connectivity index (χ4n) is 4.00. The Kier molecular flexibility index (Phi) is 5.95. The van der Waals surface area contributed by atoms with Crippen molar-refractivity contribution in [1.29, 1.82) is 0 Å². The molecule has 0 saturated carbocycles. The number of hydrogen-bond acceptors (Lipinski definition) is 2. The first-order valence-electron chi connectivity index (χ1n) is 10.5. The minimum absolute atomic E-state index is 0.0114. The van der Waals surface area contributed by atoms with Gasteiger partial charge >= 0.3 is 0 Å². The van der Waals surface area contributed by atoms with E-state index in [-0.39, 0.29) is 5.91 Å². The molecular formula is C26H28N2O. The van der Waals surface area contributed by atoms with E-state index in [1.54, 1.807) is 0 Å². The van der Waals surface area contributed by atoms with Gasteiger partial charge in [0.05, 0.1) is 0 Å². The molecule has 0 bridgehead atoms. The Morgan fingerprint density at radius 1 is 0.966 bits per heavy atom. The summed E-state index contributed by atoms with van der Waals surface area (Å²) in [6, 6.07) is 27.0. The van der Waals surface area contributed by atoms with E-state index in [1.165, 1.54) is 28.8 Å². The Hall–Kier alpha value is -3.07. The molecule has 1 N–H and O–H groups in total. The Morgan fingerprint density at radius 2 is 1.69 bits per heavy atom. The molecule has 1 unspecified atom stereocenters. The normalized spacial score (nSPS) is 14.2. The van der Waals surface area contributed by atoms with Gasteiger partial charge in [0.2, 0.25) is 0 Å². The number of carbonyl (C=O) groups is 1. The van der Waals surface area contributed by atoms with E-state index in [9.17, 15) is 4.79 Å². The van der Waals surface area contributed by atoms with E-state index in [1.807, 2.05) is 30.3 Å². The van der Waals surface area contributed by atoms with Crippen LogP contribution < -0.4 is 10.2 Å². The number of benzene rings is 3. The Morgan fingerprint density at radius 3 is 2.48 bits per heavy atom. The van der Waals surface area contributed by atoms with Crippen LogP contribution in [0.15, 0.2) is 78.9 Å². The third-order valence-electron chi connectivity index (χ3n) is 5.73. The minimum atomic E-state index is -0.0114. The Labute approximate surface area is 173 Å². The number of anilines is 1. The maximum atomic E-state index is 12.5. The van der Waals surface area contributed by atoms with Gasteiger partial charge < -0.3 is 10.2 Å². The average Bonchev–Trinajstić information content (AvgIpc) is 2.78. The summed E-state index contributed by atoms with van der Waals surface area (Å²) in [7, 11) is 0. The predicted molar refractivity (Wildman–Crippen MR) is 119 cm³/mol. The minimum Gasteiger partial charge on any atom is -0.367 e. The smallest absolute Gasteiger partial charge is 0.251 e. The van der Waals surface area contributed by atoms with Gasteiger partial charge in [0, 0.05) is 30.9 Å². The highest BCUT2D eigenvalue weighted by molar-refractivity contribution is 5.94. The van der Waals surface area contributed by atoms with Gasteiger partial charge in [-0.25, -0.2) is 0 Å². The summed E-state index contributed by atoms with van der Waals surface area (Å²) in [6.45, 7) is 4.73. The van der Waals surface area contributed by atoms with Gasteiger partial charge in [-0.05, 0) is 53.6 Å². The van der Waals surface area contributed by atoms with Gasteiger partial charge in [-0.15, -0.1) is 0 Å². The lowest BCUT2D eigenvalue weighted by Gasteiger charge is -2.31. The zero-order valence-corrected chi connectivity index (χ0v) is 17.0. The average molecular weight is 385 g/mol. The molecule has 3 aromatic rings. The zero-order chi connectivity index (χ0) is 20.1. The van der Waals surface area contributed by atoms with Crippen molar-refractivity contribution in [3.8, 4) is 0 Å². The van der Waals surface area contributed by atoms with Gasteiger partial charge in [0.25, 0.3) is 5.91 Å². The summed E-state index contributed by atoms with van der Waals surface area (Å²) in [6.07, 6.45) is 2.35. The molecule has 1 aliphatic heterocycles. The number of rotatable bonds is 6. The second kappa shape index (κ2) is 8.95. The molecule has 1 aliphatic rings. The van der Waals surface area contributed by atoms with Crippen LogP contribution in [0.2, 0.25) is 0 Å². The Balaban J connectivity index is 1.35. The van der Waals surface area contributed by atoms with Crippen LogP contribution in [0.5, 0.6) is 0 Å². The molecule has 29 heavy (non-hydrogen) atoms. The Bertz CT molecular complexity index is 950. The number of nitrogens with one attached hydrogen (secondary N) is 1. The van der Waals surface area contributed by atoms with Crippen LogP contribution in [0.1, 0.15) is 46.3 Å². The molecule has 1 atom stereocenters. The zero-order valence-electron chi connectivity index (χ0n) is 17.0. The van der Waals surface area contributed by atoms with Crippen molar-refractivity contribution >= 4 is 11.6 Å². The number of amides is 1. The van der Waals surface area contributed by atoms with E-state index < -0.39 is 0 Å². The van der Waals surface area contributed by atoms with E-state index in [2.05, 4.69) is 65.7 Å². The molecule has 0 fully saturated rings. The lowest BCUT2D eigenvalue weighted by atomic mass is 10.0. The molecule has 4 rings (SSSR count). The van der Waals surface area contributed by atoms with Crippen LogP contribution in [0.25, 0.3) is 0 Å². The van der Waals surface area contributed by atoms with Crippen LogP contribution in [0.4, 0.5) is 5.69 Å². The number of para-hydroxylation sites is 1. The first-order chi connectivity index (χ1) is 14.2. The fraction of sp³-hybridized carbons (Fsp3) is 0.269. The molecule has 0 aliphatic carbocycles. The van der Waals surface area contributed by atoms with Gasteiger partial charge in [-0.1, -0.05) is 67.6 Å². The fourth-order valence-corrected chi connectivity index (χ4v) is 4.00. The first kappa shape index (κ1) is 19.3. The van der Waals surface area contributed by atoms with E-state index in [4.69, 9.17) is 0 Å². The number of hydrogen-bond donors (Lipinski definition) is 1. The van der Waals surface area contributed by atoms with Crippen LogP contribution >= 0.6 is 0 Å². The molecule has 1 heterocycles. The van der Waals surface area contributed by atoms with Crippen LogP contribution in [-0.2, 0) is 13.0 Å². The summed E-state index contributed by atoms with van der Waals surface area (Å²) in [4.78, 5) is 15.0. The summed E-state index contributed by atoms with van der Waals surface area (Å²) in [5, 5.41) is 3.06. The standard InChI is InChI=1S/C26H28N2O/c1-20(22-8-3-2-4-9-22)18-27-26(29)24-15-13-21(14-16-24)19-28-17-7-11-23-10-5-6-12-25(23)28/h2-6,8-10,12-16,20H,7,11,17-19H2,1H3,(H,27,29). The van der Waals surface area contributed by atoms with Crippen molar-refractivity contribution in [3.63, 3.8) is 0 Å². The van der Waals surface area contributed by atoms with Gasteiger partial charge in [0.1, 0.15) is 0 Å². The highest BCUT2D eigenvalue weighted by Gasteiger charge is 2.16. The lowest BCUT2D eigenvalue weighted by Crippen LogP contribution is -2.29. The van der Waals surface area contributed by atoms with Crippen molar-refractivity contribution in [3.05, 3.63) is 101 Å². The predicted octanol–water partition coefficient (Wildman–Crippen LogP) is 5.17. The third kappa shape index (κ3) is 4.68. The molecule has 0 saturated heterocycles. The molecule has 3 aromatic carbocycles. The quantitative estimate of drug-likeness (QED) is 0.636. The maximum Gasteiger partial charge on any atom is 0.251 e. The molecule has 0 spiro atoms. The number of fused-ring (bicyclic) bond motifs is 1. The molecule has 1 amide bonds. The summed E-state index contributed by atoms with van der Waals surface area (Å²) < 4.78 is 0. The van der Waals surface area contributed by atoms with Gasteiger partial charge in [-0.2, -0.15) is 0 Å². The van der Waals surface area contributed by atoms with Gasteiger partial charge in [0.15, 0.2) is 0 Å². The summed E-state index contributed by atoms with van der Waals surface area (Å²) in [5.74, 6) is 0.279. The maximum absolute atomic E-state index is 12.5. The van der Waals surface area contributed by atoms with Crippen molar-refractivity contribution in [2.75, 3.05) is 18.0 Å². The number of carbonyl (C=O) groups excluding carboxylic acids is 1. The highest BCUT2D eigenvalue weighted by Crippen LogP contribution is 2.28. The van der Waals surface area contributed by atoms with Crippen molar-refractivity contribution in [2.24, 2.45) is 0 Å². The van der Waals surface area contributed by atoms with E-state index in [0.717, 1.165) is 19.5 Å². The monoisotopic (exact) mass is 384 g/mol. The topological polar surface area (TPSA) is 32.3 Å². The molecule has 0 radical (unpaired) electrons. The van der Waals surface area contributed by atoms with Crippen molar-refractivity contribution < 1.29 is 4.79 Å². The SMILES string of the molecule is CC(CNC(=O)c1ccc(CN2CCCc3ccccc32)cc1)c1ccccc1. The summed E-state index contributed by atoms with van der Waals surface area (Å²) >= 11 is 0. The molecule has 148 valence electrons. The lowest BCUT2D eigenvalue weighted by molar-refractivity contribution is 0.0951. The molecule has 3 heteroatoms. The first-order valence-corrected chi connectivity index (χ1v) is 10.5. The second-order valence-corrected chi connectivity index (χ2v) is 7.87. The van der Waals surface area contributed by atoms with Gasteiger partial charge in [-0.3, -0.25) is 4.79 Å². The van der Waals surface area contributed by atoms with Crippen molar-refractivity contribution in [2.45, 2.75) is 32.2 Å². The second-order valence-electron chi connectivity index (χ2n) is 7.87. The number of nitrogens with zero attached hydrogens (tertiary/aromatic N) is 1. The number of aryl methyl sites for hydroxylation is 1. The van der Waals surface area contributed by atoms with Crippen molar-refractivity contribution in [1.82, 2.24) is 5.32 Å². The van der Waals surface area contributed by atoms with Crippen LogP contribution in [-0.4, -0.2) is 19.0 Å². The van der Waals surface area contributed by atoms with Crippen LogP contribution in [0.3, 0.4) is 0 Å². The highest BCUT2D eigenvalue weighted by atomic mass is 16.1. The molecule has 0 aromatic heterocycles. The largest absolute Gasteiger partial charge is 0.367 e. The van der Waals surface area contributed by atoms with E-state index >= 15 is 0 Å². The molecule has 3 nitrogen and oxygen atoms in total. The summed E-state index contributed by atoms with van der Waals surface area (Å²) in [5.41, 5.74) is 5.96. The van der Waals surface area contributed by atoms with E-state index in [0.29, 0.717) is 18.0 Å².